The SMILES string of the molecule is N#Cc1ccc(COC(=O)c2cnccn2)c(F)c1. The van der Waals surface area contributed by atoms with Crippen molar-refractivity contribution in [3.8, 4) is 6.07 Å². The highest BCUT2D eigenvalue weighted by molar-refractivity contribution is 5.86. The van der Waals surface area contributed by atoms with Crippen molar-refractivity contribution < 1.29 is 13.9 Å². The predicted octanol–water partition coefficient (Wildman–Crippen LogP) is 1.84. The van der Waals surface area contributed by atoms with Crippen LogP contribution in [-0.2, 0) is 11.3 Å². The first-order chi connectivity index (χ1) is 9.20. The van der Waals surface area contributed by atoms with Crippen LogP contribution in [0.15, 0.2) is 36.8 Å². The number of esters is 1. The second-order valence-corrected chi connectivity index (χ2v) is 3.58. The third-order valence-corrected chi connectivity index (χ3v) is 2.31. The molecule has 1 aromatic heterocycles. The second kappa shape index (κ2) is 5.69. The molecule has 0 saturated carbocycles. The first kappa shape index (κ1) is 12.6. The van der Waals surface area contributed by atoms with Gasteiger partial charge in [-0.1, -0.05) is 6.07 Å². The van der Waals surface area contributed by atoms with Crippen molar-refractivity contribution in [2.45, 2.75) is 6.61 Å². The average Bonchev–Trinajstić information content (AvgIpc) is 2.46. The Kier molecular flexibility index (Phi) is 3.78. The molecule has 19 heavy (non-hydrogen) atoms. The number of hydrogen-bond acceptors (Lipinski definition) is 5. The molecular weight excluding hydrogens is 249 g/mol. The van der Waals surface area contributed by atoms with Gasteiger partial charge in [0.1, 0.15) is 12.4 Å². The lowest BCUT2D eigenvalue weighted by molar-refractivity contribution is 0.0461. The van der Waals surface area contributed by atoms with Crippen LogP contribution in [0.5, 0.6) is 0 Å². The maximum absolute atomic E-state index is 13.5. The fraction of sp³-hybridized carbons (Fsp3) is 0.0769. The van der Waals surface area contributed by atoms with E-state index in [0.717, 1.165) is 6.07 Å². The van der Waals surface area contributed by atoms with Crippen molar-refractivity contribution in [3.63, 3.8) is 0 Å². The van der Waals surface area contributed by atoms with E-state index >= 15 is 0 Å². The summed E-state index contributed by atoms with van der Waals surface area (Å²) < 4.78 is 18.4. The van der Waals surface area contributed by atoms with Gasteiger partial charge in [-0.15, -0.1) is 0 Å². The van der Waals surface area contributed by atoms with E-state index in [9.17, 15) is 9.18 Å². The molecule has 0 aliphatic carbocycles. The van der Waals surface area contributed by atoms with Crippen LogP contribution in [0.2, 0.25) is 0 Å². The Morgan fingerprint density at radius 2 is 2.26 bits per heavy atom. The minimum absolute atomic E-state index is 0.0524. The fourth-order valence-electron chi connectivity index (χ4n) is 1.36. The summed E-state index contributed by atoms with van der Waals surface area (Å²) >= 11 is 0. The molecule has 0 unspecified atom stereocenters. The Balaban J connectivity index is 2.04. The highest BCUT2D eigenvalue weighted by Crippen LogP contribution is 2.11. The summed E-state index contributed by atoms with van der Waals surface area (Å²) in [6.45, 7) is -0.229. The number of aromatic nitrogens is 2. The number of benzene rings is 1. The third kappa shape index (κ3) is 3.10. The van der Waals surface area contributed by atoms with Crippen LogP contribution in [0.1, 0.15) is 21.6 Å². The highest BCUT2D eigenvalue weighted by atomic mass is 19.1. The summed E-state index contributed by atoms with van der Waals surface area (Å²) in [4.78, 5) is 19.0. The van der Waals surface area contributed by atoms with Crippen molar-refractivity contribution in [2.24, 2.45) is 0 Å². The highest BCUT2D eigenvalue weighted by Gasteiger charge is 2.10. The standard InChI is InChI=1S/C13H8FN3O2/c14-11-5-9(6-15)1-2-10(11)8-19-13(18)12-7-16-3-4-17-12/h1-5,7H,8H2. The molecule has 1 heterocycles. The monoisotopic (exact) mass is 257 g/mol. The van der Waals surface area contributed by atoms with Gasteiger partial charge in [0.15, 0.2) is 5.69 Å². The second-order valence-electron chi connectivity index (χ2n) is 3.58. The van der Waals surface area contributed by atoms with Gasteiger partial charge < -0.3 is 4.74 Å². The zero-order valence-electron chi connectivity index (χ0n) is 9.71. The number of carbonyl (C=O) groups excluding carboxylic acids is 1. The van der Waals surface area contributed by atoms with Crippen LogP contribution in [0.25, 0.3) is 0 Å². The van der Waals surface area contributed by atoms with Gasteiger partial charge in [-0.05, 0) is 12.1 Å². The molecular formula is C13H8FN3O2. The lowest BCUT2D eigenvalue weighted by Gasteiger charge is -2.05. The Labute approximate surface area is 108 Å². The molecule has 0 aliphatic rings. The molecule has 0 saturated heterocycles. The molecule has 94 valence electrons. The normalized spacial score (nSPS) is 9.68. The van der Waals surface area contributed by atoms with Crippen molar-refractivity contribution in [3.05, 3.63) is 59.4 Å². The van der Waals surface area contributed by atoms with Crippen molar-refractivity contribution in [1.82, 2.24) is 9.97 Å². The number of nitrogens with zero attached hydrogens (tertiary/aromatic N) is 3. The molecule has 2 rings (SSSR count). The van der Waals surface area contributed by atoms with Crippen LogP contribution in [0, 0.1) is 17.1 Å². The molecule has 0 radical (unpaired) electrons. The number of nitriles is 1. The maximum atomic E-state index is 13.5. The summed E-state index contributed by atoms with van der Waals surface area (Å²) in [5.41, 5.74) is 0.453. The number of ether oxygens (including phenoxy) is 1. The number of rotatable bonds is 3. The van der Waals surface area contributed by atoms with E-state index < -0.39 is 11.8 Å². The lowest BCUT2D eigenvalue weighted by atomic mass is 10.1. The zero-order valence-corrected chi connectivity index (χ0v) is 9.71. The summed E-state index contributed by atoms with van der Waals surface area (Å²) in [6, 6.07) is 5.76. The Hall–Kier alpha value is -2.81. The molecule has 6 heteroatoms. The number of carbonyl (C=O) groups is 1. The Morgan fingerprint density at radius 3 is 2.89 bits per heavy atom. The van der Waals surface area contributed by atoms with Crippen LogP contribution >= 0.6 is 0 Å². The van der Waals surface area contributed by atoms with Gasteiger partial charge in [-0.2, -0.15) is 5.26 Å². The van der Waals surface area contributed by atoms with Gasteiger partial charge in [-0.25, -0.2) is 14.2 Å². The molecule has 0 fully saturated rings. The molecule has 0 aliphatic heterocycles. The van der Waals surface area contributed by atoms with Crippen LogP contribution in [0.4, 0.5) is 4.39 Å². The van der Waals surface area contributed by atoms with Gasteiger partial charge in [0.25, 0.3) is 0 Å². The van der Waals surface area contributed by atoms with Crippen molar-refractivity contribution in [2.75, 3.05) is 0 Å². The Bertz CT molecular complexity index is 638. The topological polar surface area (TPSA) is 75.9 Å². The molecule has 0 atom stereocenters. The van der Waals surface area contributed by atoms with E-state index in [2.05, 4.69) is 9.97 Å². The van der Waals surface area contributed by atoms with Crippen LogP contribution < -0.4 is 0 Å². The van der Waals surface area contributed by atoms with E-state index in [-0.39, 0.29) is 23.4 Å². The van der Waals surface area contributed by atoms with E-state index in [1.54, 1.807) is 0 Å². The predicted molar refractivity (Wildman–Crippen MR) is 62.3 cm³/mol. The quantitative estimate of drug-likeness (QED) is 0.784. The molecule has 0 amide bonds. The number of halogens is 1. The molecule has 0 spiro atoms. The van der Waals surface area contributed by atoms with Gasteiger partial charge >= 0.3 is 5.97 Å². The minimum Gasteiger partial charge on any atom is -0.456 e. The summed E-state index contributed by atoms with van der Waals surface area (Å²) in [7, 11) is 0. The Morgan fingerprint density at radius 1 is 1.42 bits per heavy atom. The first-order valence-corrected chi connectivity index (χ1v) is 5.32. The van der Waals surface area contributed by atoms with Crippen LogP contribution in [0.3, 0.4) is 0 Å². The smallest absolute Gasteiger partial charge is 0.358 e. The fourth-order valence-corrected chi connectivity index (χ4v) is 1.36. The summed E-state index contributed by atoms with van der Waals surface area (Å²) in [6.07, 6.45) is 4.05. The van der Waals surface area contributed by atoms with E-state index in [1.807, 2.05) is 6.07 Å². The minimum atomic E-state index is -0.683. The first-order valence-electron chi connectivity index (χ1n) is 5.32. The molecule has 2 aromatic rings. The third-order valence-electron chi connectivity index (χ3n) is 2.31. The van der Waals surface area contributed by atoms with Gasteiger partial charge in [0.2, 0.25) is 0 Å². The lowest BCUT2D eigenvalue weighted by Crippen LogP contribution is -2.08. The molecule has 0 N–H and O–H groups in total. The van der Waals surface area contributed by atoms with Gasteiger partial charge in [0.05, 0.1) is 17.8 Å². The summed E-state index contributed by atoms with van der Waals surface area (Å²) in [5.74, 6) is -1.28. The van der Waals surface area contributed by atoms with E-state index in [4.69, 9.17) is 10.00 Å². The van der Waals surface area contributed by atoms with Crippen molar-refractivity contribution >= 4 is 5.97 Å². The van der Waals surface area contributed by atoms with E-state index in [0.29, 0.717) is 0 Å². The van der Waals surface area contributed by atoms with Gasteiger partial charge in [0, 0.05) is 18.0 Å². The average molecular weight is 257 g/mol. The maximum Gasteiger partial charge on any atom is 0.358 e. The van der Waals surface area contributed by atoms with E-state index in [1.165, 1.54) is 30.7 Å². The van der Waals surface area contributed by atoms with Crippen LogP contribution in [-0.4, -0.2) is 15.9 Å². The largest absolute Gasteiger partial charge is 0.456 e. The summed E-state index contributed by atoms with van der Waals surface area (Å²) in [5, 5.41) is 8.60. The molecule has 1 aromatic carbocycles. The van der Waals surface area contributed by atoms with Crippen molar-refractivity contribution in [1.29, 1.82) is 5.26 Å². The van der Waals surface area contributed by atoms with Gasteiger partial charge in [-0.3, -0.25) is 4.98 Å². The zero-order chi connectivity index (χ0) is 13.7. The molecule has 5 nitrogen and oxygen atoms in total. The number of hydrogen-bond donors (Lipinski definition) is 0. The molecule has 0 bridgehead atoms.